The molecule has 1 N–H and O–H groups in total. The van der Waals surface area contributed by atoms with E-state index in [1.54, 1.807) is 6.33 Å². The monoisotopic (exact) mass is 380 g/mol. The number of imidazole rings is 1. The van der Waals surface area contributed by atoms with Gasteiger partial charge in [0.1, 0.15) is 0 Å². The van der Waals surface area contributed by atoms with Crippen molar-refractivity contribution >= 4 is 5.91 Å². The minimum absolute atomic E-state index is 0.225. The molecule has 148 valence electrons. The van der Waals surface area contributed by atoms with Gasteiger partial charge in [-0.2, -0.15) is 5.10 Å². The minimum Gasteiger partial charge on any atom is -0.348 e. The average Bonchev–Trinajstić information content (AvgIpc) is 3.28. The van der Waals surface area contributed by atoms with Gasteiger partial charge in [0.2, 0.25) is 5.91 Å². The number of allylic oxidation sites excluding steroid dienone is 1. The highest BCUT2D eigenvalue weighted by atomic mass is 16.2. The van der Waals surface area contributed by atoms with Gasteiger partial charge in [0, 0.05) is 56.0 Å². The molecule has 1 amide bonds. The topological polar surface area (TPSA) is 70.1 Å². The normalized spacial score (nSPS) is 21.6. The Bertz CT molecular complexity index is 871. The van der Waals surface area contributed by atoms with E-state index in [9.17, 15) is 4.79 Å². The quantitative estimate of drug-likeness (QED) is 0.807. The second-order valence-corrected chi connectivity index (χ2v) is 8.41. The Kier molecular flexibility index (Phi) is 4.34. The number of nitrogens with zero attached hydrogens (tertiary/aromatic N) is 5. The van der Waals surface area contributed by atoms with Crippen LogP contribution in [0, 0.1) is 5.92 Å². The maximum Gasteiger partial charge on any atom is 0.226 e. The van der Waals surface area contributed by atoms with E-state index in [0.717, 1.165) is 70.5 Å². The van der Waals surface area contributed by atoms with Crippen molar-refractivity contribution in [2.45, 2.75) is 50.7 Å². The Morgan fingerprint density at radius 2 is 2.14 bits per heavy atom. The summed E-state index contributed by atoms with van der Waals surface area (Å²) in [5, 5.41) is 4.39. The number of rotatable bonds is 5. The smallest absolute Gasteiger partial charge is 0.226 e. The van der Waals surface area contributed by atoms with Gasteiger partial charge in [-0.15, -0.1) is 6.58 Å². The Balaban J connectivity index is 1.33. The highest BCUT2D eigenvalue weighted by Crippen LogP contribution is 2.45. The fraction of sp³-hybridized carbons (Fsp3) is 0.571. The Hall–Kier alpha value is -2.41. The number of hydrogen-bond donors (Lipinski definition) is 1. The fourth-order valence-corrected chi connectivity index (χ4v) is 4.92. The van der Waals surface area contributed by atoms with Crippen LogP contribution in [0.3, 0.4) is 0 Å². The summed E-state index contributed by atoms with van der Waals surface area (Å²) in [6.45, 7) is 8.16. The van der Waals surface area contributed by atoms with Crippen LogP contribution >= 0.6 is 0 Å². The van der Waals surface area contributed by atoms with Crippen LogP contribution in [-0.2, 0) is 29.8 Å². The second kappa shape index (κ2) is 6.88. The standard InChI is InChI=1S/C21H28N6O/c1-2-8-26-14-16(12-24-26)13-25-10-6-21(7-11-25)19-18(22-15-23-19)5-9-27(21)20(28)17-3-4-17/h2,12,14-15,17H,1,3-11,13H2,(H,22,23). The molecular weight excluding hydrogens is 352 g/mol. The molecule has 0 aromatic carbocycles. The summed E-state index contributed by atoms with van der Waals surface area (Å²) in [7, 11) is 0. The van der Waals surface area contributed by atoms with Crippen molar-refractivity contribution < 1.29 is 4.79 Å². The van der Waals surface area contributed by atoms with Crippen molar-refractivity contribution in [1.82, 2.24) is 29.5 Å². The van der Waals surface area contributed by atoms with Gasteiger partial charge in [0.25, 0.3) is 0 Å². The van der Waals surface area contributed by atoms with Gasteiger partial charge in [-0.05, 0) is 25.7 Å². The van der Waals surface area contributed by atoms with E-state index in [1.165, 1.54) is 11.3 Å². The van der Waals surface area contributed by atoms with Crippen LogP contribution < -0.4 is 0 Å². The lowest BCUT2D eigenvalue weighted by molar-refractivity contribution is -0.143. The van der Waals surface area contributed by atoms with Gasteiger partial charge >= 0.3 is 0 Å². The van der Waals surface area contributed by atoms with E-state index in [-0.39, 0.29) is 11.5 Å². The van der Waals surface area contributed by atoms with E-state index in [0.29, 0.717) is 5.91 Å². The number of carbonyl (C=O) groups is 1. The van der Waals surface area contributed by atoms with E-state index in [1.807, 2.05) is 17.0 Å². The number of H-pyrrole nitrogens is 1. The summed E-state index contributed by atoms with van der Waals surface area (Å²) in [6.07, 6.45) is 12.6. The summed E-state index contributed by atoms with van der Waals surface area (Å²) in [5.74, 6) is 0.610. The molecule has 1 spiro atoms. The number of piperidine rings is 1. The zero-order valence-electron chi connectivity index (χ0n) is 16.3. The fourth-order valence-electron chi connectivity index (χ4n) is 4.92. The zero-order chi connectivity index (χ0) is 19.1. The van der Waals surface area contributed by atoms with Crippen molar-refractivity contribution in [3.63, 3.8) is 0 Å². The van der Waals surface area contributed by atoms with Crippen molar-refractivity contribution in [2.24, 2.45) is 5.92 Å². The lowest BCUT2D eigenvalue weighted by Crippen LogP contribution is -2.58. The third-order valence-corrected chi connectivity index (χ3v) is 6.55. The molecule has 1 saturated heterocycles. The molecule has 1 saturated carbocycles. The predicted octanol–water partition coefficient (Wildman–Crippen LogP) is 2.08. The van der Waals surface area contributed by atoms with Crippen molar-refractivity contribution in [2.75, 3.05) is 19.6 Å². The molecule has 2 aromatic rings. The third-order valence-electron chi connectivity index (χ3n) is 6.55. The van der Waals surface area contributed by atoms with Crippen LogP contribution in [-0.4, -0.2) is 55.1 Å². The summed E-state index contributed by atoms with van der Waals surface area (Å²) >= 11 is 0. The van der Waals surface area contributed by atoms with Crippen LogP contribution in [0.4, 0.5) is 0 Å². The number of aromatic amines is 1. The summed E-state index contributed by atoms with van der Waals surface area (Å²) < 4.78 is 1.92. The van der Waals surface area contributed by atoms with Crippen LogP contribution in [0.1, 0.15) is 42.6 Å². The van der Waals surface area contributed by atoms with Gasteiger partial charge < -0.3 is 9.88 Å². The zero-order valence-corrected chi connectivity index (χ0v) is 16.3. The lowest BCUT2D eigenvalue weighted by Gasteiger charge is -2.50. The van der Waals surface area contributed by atoms with Crippen LogP contribution in [0.2, 0.25) is 0 Å². The molecule has 4 heterocycles. The number of nitrogens with one attached hydrogen (secondary N) is 1. The van der Waals surface area contributed by atoms with Gasteiger partial charge in [0.15, 0.2) is 0 Å². The van der Waals surface area contributed by atoms with Crippen molar-refractivity contribution in [3.8, 4) is 0 Å². The first-order chi connectivity index (χ1) is 13.7. The Morgan fingerprint density at radius 3 is 2.89 bits per heavy atom. The predicted molar refractivity (Wildman–Crippen MR) is 105 cm³/mol. The summed E-state index contributed by atoms with van der Waals surface area (Å²) in [6, 6.07) is 0. The molecular formula is C21H28N6O. The van der Waals surface area contributed by atoms with Gasteiger partial charge in [-0.3, -0.25) is 14.4 Å². The maximum atomic E-state index is 13.1. The first kappa shape index (κ1) is 17.7. The highest BCUT2D eigenvalue weighted by molar-refractivity contribution is 5.82. The second-order valence-electron chi connectivity index (χ2n) is 8.41. The molecule has 0 bridgehead atoms. The van der Waals surface area contributed by atoms with Gasteiger partial charge in [0.05, 0.1) is 30.3 Å². The summed E-state index contributed by atoms with van der Waals surface area (Å²) in [5.41, 5.74) is 3.34. The average molecular weight is 380 g/mol. The number of aromatic nitrogens is 4. The van der Waals surface area contributed by atoms with Gasteiger partial charge in [-0.25, -0.2) is 4.98 Å². The van der Waals surface area contributed by atoms with Crippen LogP contribution in [0.15, 0.2) is 31.4 Å². The van der Waals surface area contributed by atoms with E-state index < -0.39 is 0 Å². The van der Waals surface area contributed by atoms with E-state index >= 15 is 0 Å². The molecule has 3 aliphatic rings. The first-order valence-electron chi connectivity index (χ1n) is 10.4. The molecule has 0 radical (unpaired) electrons. The molecule has 1 aliphatic carbocycles. The van der Waals surface area contributed by atoms with E-state index in [2.05, 4.69) is 37.6 Å². The largest absolute Gasteiger partial charge is 0.348 e. The number of hydrogen-bond acceptors (Lipinski definition) is 4. The number of carbonyl (C=O) groups excluding carboxylic acids is 1. The SMILES string of the molecule is C=CCn1cc(CN2CCC3(CC2)c2nc[nH]c2CCN3C(=O)C2CC2)cn1. The van der Waals surface area contributed by atoms with Crippen molar-refractivity contribution in [1.29, 1.82) is 0 Å². The molecule has 2 aromatic heterocycles. The molecule has 7 nitrogen and oxygen atoms in total. The molecule has 0 atom stereocenters. The molecule has 7 heteroatoms. The van der Waals surface area contributed by atoms with Crippen LogP contribution in [0.5, 0.6) is 0 Å². The number of fused-ring (bicyclic) bond motifs is 2. The Morgan fingerprint density at radius 1 is 1.32 bits per heavy atom. The molecule has 2 fully saturated rings. The molecule has 28 heavy (non-hydrogen) atoms. The van der Waals surface area contributed by atoms with E-state index in [4.69, 9.17) is 0 Å². The number of amides is 1. The minimum atomic E-state index is -0.225. The van der Waals surface area contributed by atoms with Gasteiger partial charge in [-0.1, -0.05) is 6.08 Å². The Labute approximate surface area is 165 Å². The van der Waals surface area contributed by atoms with Crippen LogP contribution in [0.25, 0.3) is 0 Å². The number of likely N-dealkylation sites (tertiary alicyclic amines) is 1. The third kappa shape index (κ3) is 2.98. The lowest BCUT2D eigenvalue weighted by atomic mass is 9.78. The maximum absolute atomic E-state index is 13.1. The first-order valence-corrected chi connectivity index (χ1v) is 10.4. The van der Waals surface area contributed by atoms with Crippen molar-refractivity contribution in [3.05, 3.63) is 48.3 Å². The molecule has 5 rings (SSSR count). The highest BCUT2D eigenvalue weighted by Gasteiger charge is 2.50. The summed E-state index contributed by atoms with van der Waals surface area (Å²) in [4.78, 5) is 25.7. The molecule has 2 aliphatic heterocycles. The molecule has 0 unspecified atom stereocenters.